The van der Waals surface area contributed by atoms with E-state index in [1.807, 2.05) is 18.7 Å². The Balaban J connectivity index is 2.09. The second-order valence-electron chi connectivity index (χ2n) is 4.01. The predicted octanol–water partition coefficient (Wildman–Crippen LogP) is 3.00. The highest BCUT2D eigenvalue weighted by Crippen LogP contribution is 2.28. The molecule has 0 bridgehead atoms. The lowest BCUT2D eigenvalue weighted by Gasteiger charge is -2.22. The Morgan fingerprint density at radius 3 is 2.64 bits per heavy atom. The number of hydrogen-bond donors (Lipinski definition) is 0. The number of rotatable bonds is 4. The molecule has 0 saturated heterocycles. The zero-order chi connectivity index (χ0) is 10.4. The predicted molar refractivity (Wildman–Crippen MR) is 60.6 cm³/mol. The number of carbonyl (C=O) groups is 1. The van der Waals surface area contributed by atoms with Gasteiger partial charge in [0.25, 0.3) is 0 Å². The Morgan fingerprint density at radius 1 is 1.43 bits per heavy atom. The van der Waals surface area contributed by atoms with Gasteiger partial charge in [0.1, 0.15) is 6.10 Å². The number of ether oxygens (including phenoxy) is 1. The Bertz CT molecular complexity index is 176. The van der Waals surface area contributed by atoms with Crippen molar-refractivity contribution in [3.8, 4) is 0 Å². The first kappa shape index (κ1) is 11.9. The van der Waals surface area contributed by atoms with Crippen LogP contribution in [0.3, 0.4) is 0 Å². The second-order valence-corrected chi connectivity index (χ2v) is 5.35. The van der Waals surface area contributed by atoms with Gasteiger partial charge in [0, 0.05) is 17.9 Å². The lowest BCUT2D eigenvalue weighted by Crippen LogP contribution is -2.18. The average molecular weight is 216 g/mol. The normalized spacial score (nSPS) is 20.4. The molecule has 0 aromatic rings. The van der Waals surface area contributed by atoms with E-state index < -0.39 is 0 Å². The van der Waals surface area contributed by atoms with Gasteiger partial charge in [-0.3, -0.25) is 4.79 Å². The highest BCUT2D eigenvalue weighted by Gasteiger charge is 2.15. The summed E-state index contributed by atoms with van der Waals surface area (Å²) in [6.07, 6.45) is 6.91. The molecular formula is C11H20O2S. The number of thioether (sulfide) groups is 1. The van der Waals surface area contributed by atoms with Gasteiger partial charge in [-0.15, -0.1) is 0 Å². The van der Waals surface area contributed by atoms with Crippen LogP contribution in [0.1, 0.15) is 46.0 Å². The van der Waals surface area contributed by atoms with Crippen LogP contribution in [0, 0.1) is 0 Å². The van der Waals surface area contributed by atoms with Gasteiger partial charge in [-0.25, -0.2) is 0 Å². The molecule has 1 rings (SSSR count). The van der Waals surface area contributed by atoms with Crippen LogP contribution in [0.4, 0.5) is 0 Å². The lowest BCUT2D eigenvalue weighted by atomic mass is 10.0. The van der Waals surface area contributed by atoms with E-state index in [1.54, 1.807) is 0 Å². The maximum atomic E-state index is 10.7. The number of carbonyl (C=O) groups excluding carboxylic acids is 1. The molecule has 0 radical (unpaired) electrons. The van der Waals surface area contributed by atoms with Crippen molar-refractivity contribution in [2.24, 2.45) is 0 Å². The molecule has 0 amide bonds. The van der Waals surface area contributed by atoms with Gasteiger partial charge >= 0.3 is 5.97 Å². The molecule has 1 fully saturated rings. The fourth-order valence-electron chi connectivity index (χ4n) is 1.82. The molecule has 0 N–H and O–H groups in total. The molecule has 2 nitrogen and oxygen atoms in total. The summed E-state index contributed by atoms with van der Waals surface area (Å²) in [4.78, 5) is 10.7. The van der Waals surface area contributed by atoms with E-state index in [0.717, 1.165) is 11.0 Å². The standard InChI is InChI=1S/C11H20O2S/c1-9(13-10(2)12)8-14-11-6-4-3-5-7-11/h9,11H,3-8H2,1-2H3/t9-/m1/s1. The van der Waals surface area contributed by atoms with Crippen molar-refractivity contribution in [2.75, 3.05) is 5.75 Å². The van der Waals surface area contributed by atoms with Crippen molar-refractivity contribution < 1.29 is 9.53 Å². The molecule has 1 aliphatic carbocycles. The summed E-state index contributed by atoms with van der Waals surface area (Å²) in [6, 6.07) is 0. The average Bonchev–Trinajstić information content (AvgIpc) is 2.15. The Hall–Kier alpha value is -0.180. The maximum absolute atomic E-state index is 10.7. The largest absolute Gasteiger partial charge is 0.462 e. The van der Waals surface area contributed by atoms with Crippen molar-refractivity contribution in [1.82, 2.24) is 0 Å². The molecule has 1 atom stereocenters. The molecule has 82 valence electrons. The molecule has 0 aromatic carbocycles. The minimum atomic E-state index is -0.165. The van der Waals surface area contributed by atoms with E-state index in [1.165, 1.54) is 39.0 Å². The van der Waals surface area contributed by atoms with Crippen LogP contribution in [-0.2, 0) is 9.53 Å². The van der Waals surface area contributed by atoms with E-state index in [2.05, 4.69) is 0 Å². The molecule has 1 aliphatic rings. The van der Waals surface area contributed by atoms with Crippen molar-refractivity contribution in [3.63, 3.8) is 0 Å². The van der Waals surface area contributed by atoms with E-state index in [0.29, 0.717) is 0 Å². The minimum Gasteiger partial charge on any atom is -0.462 e. The third-order valence-corrected chi connectivity index (χ3v) is 4.09. The molecule has 0 heterocycles. The van der Waals surface area contributed by atoms with Crippen LogP contribution in [0.15, 0.2) is 0 Å². The summed E-state index contributed by atoms with van der Waals surface area (Å²) in [7, 11) is 0. The van der Waals surface area contributed by atoms with E-state index >= 15 is 0 Å². The van der Waals surface area contributed by atoms with Crippen LogP contribution in [0.5, 0.6) is 0 Å². The summed E-state index contributed by atoms with van der Waals surface area (Å²) in [5.41, 5.74) is 0. The lowest BCUT2D eigenvalue weighted by molar-refractivity contribution is -0.144. The first-order chi connectivity index (χ1) is 6.68. The fourth-order valence-corrected chi connectivity index (χ4v) is 3.10. The fraction of sp³-hybridized carbons (Fsp3) is 0.909. The molecule has 0 spiro atoms. The Morgan fingerprint density at radius 2 is 2.07 bits per heavy atom. The van der Waals surface area contributed by atoms with Gasteiger partial charge < -0.3 is 4.74 Å². The van der Waals surface area contributed by atoms with E-state index in [-0.39, 0.29) is 12.1 Å². The van der Waals surface area contributed by atoms with Crippen LogP contribution < -0.4 is 0 Å². The third kappa shape index (κ3) is 4.89. The quantitative estimate of drug-likeness (QED) is 0.676. The van der Waals surface area contributed by atoms with Gasteiger partial charge in [-0.1, -0.05) is 19.3 Å². The second kappa shape index (κ2) is 6.33. The van der Waals surface area contributed by atoms with Gasteiger partial charge in [0.15, 0.2) is 0 Å². The van der Waals surface area contributed by atoms with Crippen LogP contribution in [0.2, 0.25) is 0 Å². The monoisotopic (exact) mass is 216 g/mol. The van der Waals surface area contributed by atoms with Gasteiger partial charge in [0.2, 0.25) is 0 Å². The molecule has 1 saturated carbocycles. The highest BCUT2D eigenvalue weighted by atomic mass is 32.2. The first-order valence-electron chi connectivity index (χ1n) is 5.47. The molecular weight excluding hydrogens is 196 g/mol. The van der Waals surface area contributed by atoms with Gasteiger partial charge in [0.05, 0.1) is 0 Å². The summed E-state index contributed by atoms with van der Waals surface area (Å²) in [6.45, 7) is 3.44. The third-order valence-electron chi connectivity index (χ3n) is 2.49. The summed E-state index contributed by atoms with van der Waals surface area (Å²) in [5, 5.41) is 0.807. The van der Waals surface area contributed by atoms with Crippen molar-refractivity contribution in [2.45, 2.75) is 57.3 Å². The van der Waals surface area contributed by atoms with Gasteiger partial charge in [-0.05, 0) is 19.8 Å². The number of esters is 1. The molecule has 0 aliphatic heterocycles. The smallest absolute Gasteiger partial charge is 0.302 e. The minimum absolute atomic E-state index is 0.0689. The maximum Gasteiger partial charge on any atom is 0.302 e. The van der Waals surface area contributed by atoms with Crippen LogP contribution in [0.25, 0.3) is 0 Å². The summed E-state index contributed by atoms with van der Waals surface area (Å²) < 4.78 is 5.08. The van der Waals surface area contributed by atoms with Crippen LogP contribution in [-0.4, -0.2) is 23.1 Å². The van der Waals surface area contributed by atoms with Crippen LogP contribution >= 0.6 is 11.8 Å². The number of hydrogen-bond acceptors (Lipinski definition) is 3. The van der Waals surface area contributed by atoms with Crippen molar-refractivity contribution >= 4 is 17.7 Å². The molecule has 3 heteroatoms. The topological polar surface area (TPSA) is 26.3 Å². The molecule has 0 unspecified atom stereocenters. The first-order valence-corrected chi connectivity index (χ1v) is 6.52. The Labute approximate surface area is 90.8 Å². The van der Waals surface area contributed by atoms with E-state index in [4.69, 9.17) is 4.74 Å². The molecule has 0 aromatic heterocycles. The zero-order valence-electron chi connectivity index (χ0n) is 9.12. The highest BCUT2D eigenvalue weighted by molar-refractivity contribution is 7.99. The zero-order valence-corrected chi connectivity index (χ0v) is 9.94. The van der Waals surface area contributed by atoms with Crippen molar-refractivity contribution in [3.05, 3.63) is 0 Å². The van der Waals surface area contributed by atoms with Crippen molar-refractivity contribution in [1.29, 1.82) is 0 Å². The Kier molecular flexibility index (Phi) is 5.38. The molecule has 14 heavy (non-hydrogen) atoms. The van der Waals surface area contributed by atoms with Gasteiger partial charge in [-0.2, -0.15) is 11.8 Å². The van der Waals surface area contributed by atoms with E-state index in [9.17, 15) is 4.79 Å². The summed E-state index contributed by atoms with van der Waals surface area (Å²) >= 11 is 1.97. The summed E-state index contributed by atoms with van der Waals surface area (Å²) in [5.74, 6) is 0.784. The SMILES string of the molecule is CC(=O)O[C@H](C)CSC1CCCCC1.